The zero-order chi connectivity index (χ0) is 14.7. The van der Waals surface area contributed by atoms with E-state index in [-0.39, 0.29) is 12.6 Å². The summed E-state index contributed by atoms with van der Waals surface area (Å²) in [6.07, 6.45) is 1.35. The summed E-state index contributed by atoms with van der Waals surface area (Å²) in [6.45, 7) is 4.95. The molecule has 0 aromatic carbocycles. The number of aliphatic carboxylic acids is 1. The second-order valence-electron chi connectivity index (χ2n) is 5.29. The number of urea groups is 1. The van der Waals surface area contributed by atoms with Gasteiger partial charge in [0.1, 0.15) is 0 Å². The van der Waals surface area contributed by atoms with E-state index in [1.54, 1.807) is 4.90 Å². The number of carboxylic acid groups (broad SMARTS) is 1. The molecule has 20 heavy (non-hydrogen) atoms. The molecule has 2 heterocycles. The van der Waals surface area contributed by atoms with Gasteiger partial charge in [-0.25, -0.2) is 9.78 Å². The fourth-order valence-electron chi connectivity index (χ4n) is 2.14. The van der Waals surface area contributed by atoms with Crippen LogP contribution >= 0.6 is 11.3 Å². The lowest BCUT2D eigenvalue weighted by Gasteiger charge is -2.30. The molecular weight excluding hydrogens is 278 g/mol. The molecule has 2 N–H and O–H groups in total. The van der Waals surface area contributed by atoms with Gasteiger partial charge in [0.2, 0.25) is 0 Å². The van der Waals surface area contributed by atoms with E-state index in [9.17, 15) is 9.59 Å². The van der Waals surface area contributed by atoms with E-state index in [4.69, 9.17) is 5.11 Å². The first-order chi connectivity index (χ1) is 9.47. The Labute approximate surface area is 121 Å². The maximum absolute atomic E-state index is 12.1. The highest BCUT2D eigenvalue weighted by Crippen LogP contribution is 2.23. The molecule has 0 aliphatic carbocycles. The van der Waals surface area contributed by atoms with Crippen LogP contribution in [0.5, 0.6) is 0 Å². The first kappa shape index (κ1) is 14.8. The van der Waals surface area contributed by atoms with Crippen molar-refractivity contribution in [2.75, 3.05) is 18.4 Å². The molecule has 1 saturated heterocycles. The molecule has 1 aliphatic heterocycles. The summed E-state index contributed by atoms with van der Waals surface area (Å²) in [7, 11) is 0. The number of hydrogen-bond acceptors (Lipinski definition) is 4. The zero-order valence-corrected chi connectivity index (χ0v) is 12.4. The van der Waals surface area contributed by atoms with Crippen LogP contribution in [0.4, 0.5) is 9.93 Å². The van der Waals surface area contributed by atoms with Gasteiger partial charge < -0.3 is 10.0 Å². The first-order valence-corrected chi connectivity index (χ1v) is 7.59. The van der Waals surface area contributed by atoms with Crippen LogP contribution in [-0.4, -0.2) is 40.1 Å². The van der Waals surface area contributed by atoms with Crippen LogP contribution in [-0.2, 0) is 4.79 Å². The molecule has 6 nitrogen and oxygen atoms in total. The molecule has 2 amide bonds. The van der Waals surface area contributed by atoms with Crippen molar-refractivity contribution in [3.05, 3.63) is 11.1 Å². The molecule has 0 bridgehead atoms. The van der Waals surface area contributed by atoms with Crippen LogP contribution < -0.4 is 5.32 Å². The van der Waals surface area contributed by atoms with Gasteiger partial charge in [0.15, 0.2) is 5.13 Å². The Hall–Kier alpha value is -1.63. The summed E-state index contributed by atoms with van der Waals surface area (Å²) in [6, 6.07) is -0.263. The van der Waals surface area contributed by atoms with Gasteiger partial charge >= 0.3 is 12.0 Å². The third kappa shape index (κ3) is 3.47. The summed E-state index contributed by atoms with van der Waals surface area (Å²) in [5, 5.41) is 14.3. The van der Waals surface area contributed by atoms with Crippen LogP contribution in [0.25, 0.3) is 0 Å². The molecule has 1 aliphatic rings. The Morgan fingerprint density at radius 3 is 2.90 bits per heavy atom. The highest BCUT2D eigenvalue weighted by Gasteiger charge is 2.28. The van der Waals surface area contributed by atoms with Gasteiger partial charge in [-0.15, -0.1) is 11.3 Å². The number of anilines is 1. The predicted octanol–water partition coefficient (Wildman–Crippen LogP) is 2.60. The Balaban J connectivity index is 1.95. The van der Waals surface area contributed by atoms with Crippen molar-refractivity contribution in [2.24, 2.45) is 5.92 Å². The minimum Gasteiger partial charge on any atom is -0.481 e. The number of carboxylic acids is 1. The lowest BCUT2D eigenvalue weighted by molar-refractivity contribution is -0.143. The van der Waals surface area contributed by atoms with Gasteiger partial charge in [0.25, 0.3) is 0 Å². The number of nitrogens with zero attached hydrogens (tertiary/aromatic N) is 2. The molecule has 110 valence electrons. The molecule has 7 heteroatoms. The predicted molar refractivity (Wildman–Crippen MR) is 77.2 cm³/mol. The zero-order valence-electron chi connectivity index (χ0n) is 11.6. The van der Waals surface area contributed by atoms with Gasteiger partial charge in [-0.05, 0) is 18.8 Å². The number of piperidine rings is 1. The van der Waals surface area contributed by atoms with E-state index in [0.717, 1.165) is 12.1 Å². The monoisotopic (exact) mass is 297 g/mol. The van der Waals surface area contributed by atoms with Gasteiger partial charge in [-0.1, -0.05) is 13.8 Å². The number of thiazole rings is 1. The van der Waals surface area contributed by atoms with Crippen LogP contribution in [0.15, 0.2) is 5.38 Å². The number of likely N-dealkylation sites (tertiary alicyclic amines) is 1. The van der Waals surface area contributed by atoms with E-state index in [1.165, 1.54) is 11.3 Å². The van der Waals surface area contributed by atoms with E-state index < -0.39 is 11.9 Å². The Morgan fingerprint density at radius 2 is 2.30 bits per heavy atom. The van der Waals surface area contributed by atoms with Crippen LogP contribution in [0.3, 0.4) is 0 Å². The Morgan fingerprint density at radius 1 is 1.55 bits per heavy atom. The van der Waals surface area contributed by atoms with Gasteiger partial charge in [-0.3, -0.25) is 10.1 Å². The maximum Gasteiger partial charge on any atom is 0.323 e. The van der Waals surface area contributed by atoms with Crippen molar-refractivity contribution in [1.29, 1.82) is 0 Å². The second kappa shape index (κ2) is 6.21. The molecule has 1 aromatic rings. The SMILES string of the molecule is CC(C)c1csc(NC(=O)N2CCC[C@H](C(=O)O)C2)n1. The normalized spacial score (nSPS) is 19.1. The summed E-state index contributed by atoms with van der Waals surface area (Å²) in [5.41, 5.74) is 0.951. The van der Waals surface area contributed by atoms with Gasteiger partial charge in [0, 0.05) is 18.5 Å². The minimum absolute atomic E-state index is 0.263. The molecule has 0 spiro atoms. The molecule has 0 saturated carbocycles. The van der Waals surface area contributed by atoms with Crippen molar-refractivity contribution in [1.82, 2.24) is 9.88 Å². The minimum atomic E-state index is -0.834. The highest BCUT2D eigenvalue weighted by atomic mass is 32.1. The fraction of sp³-hybridized carbons (Fsp3) is 0.615. The molecule has 0 radical (unpaired) electrons. The van der Waals surface area contributed by atoms with Crippen molar-refractivity contribution in [3.63, 3.8) is 0 Å². The number of carbonyl (C=O) groups excluding carboxylic acids is 1. The third-order valence-electron chi connectivity index (χ3n) is 3.39. The van der Waals surface area contributed by atoms with E-state index >= 15 is 0 Å². The third-order valence-corrected chi connectivity index (χ3v) is 4.16. The van der Waals surface area contributed by atoms with Gasteiger partial charge in [-0.2, -0.15) is 0 Å². The van der Waals surface area contributed by atoms with Crippen molar-refractivity contribution in [3.8, 4) is 0 Å². The highest BCUT2D eigenvalue weighted by molar-refractivity contribution is 7.13. The topological polar surface area (TPSA) is 82.5 Å². The first-order valence-electron chi connectivity index (χ1n) is 6.71. The summed E-state index contributed by atoms with van der Waals surface area (Å²) < 4.78 is 0. The molecule has 0 unspecified atom stereocenters. The lowest BCUT2D eigenvalue weighted by atomic mass is 9.99. The average molecular weight is 297 g/mol. The van der Waals surface area contributed by atoms with Crippen LogP contribution in [0.1, 0.15) is 38.3 Å². The number of carbonyl (C=O) groups is 2. The molecule has 1 fully saturated rings. The molecule has 1 aromatic heterocycles. The van der Waals surface area contributed by atoms with Crippen molar-refractivity contribution in [2.45, 2.75) is 32.6 Å². The molecule has 2 rings (SSSR count). The smallest absolute Gasteiger partial charge is 0.323 e. The van der Waals surface area contributed by atoms with E-state index in [0.29, 0.717) is 24.0 Å². The number of hydrogen-bond donors (Lipinski definition) is 2. The standard InChI is InChI=1S/C13H19N3O3S/c1-8(2)10-7-20-12(14-10)15-13(19)16-5-3-4-9(6-16)11(17)18/h7-9H,3-6H2,1-2H3,(H,17,18)(H,14,15,19)/t9-/m0/s1. The maximum atomic E-state index is 12.1. The fourth-order valence-corrected chi connectivity index (χ4v) is 3.00. The Bertz CT molecular complexity index is 501. The molecule has 1 atom stereocenters. The molecular formula is C13H19N3O3S. The Kier molecular flexibility index (Phi) is 4.59. The summed E-state index contributed by atoms with van der Waals surface area (Å²) in [4.78, 5) is 29.0. The van der Waals surface area contributed by atoms with Gasteiger partial charge in [0.05, 0.1) is 11.6 Å². The van der Waals surface area contributed by atoms with Crippen molar-refractivity contribution >= 4 is 28.5 Å². The quantitative estimate of drug-likeness (QED) is 0.898. The van der Waals surface area contributed by atoms with Crippen LogP contribution in [0.2, 0.25) is 0 Å². The largest absolute Gasteiger partial charge is 0.481 e. The van der Waals surface area contributed by atoms with Crippen molar-refractivity contribution < 1.29 is 14.7 Å². The van der Waals surface area contributed by atoms with Crippen LogP contribution in [0, 0.1) is 5.92 Å². The average Bonchev–Trinajstić information content (AvgIpc) is 2.87. The lowest BCUT2D eigenvalue weighted by Crippen LogP contribution is -2.44. The number of aromatic nitrogens is 1. The second-order valence-corrected chi connectivity index (χ2v) is 6.14. The number of amides is 2. The number of rotatable bonds is 3. The van der Waals surface area contributed by atoms with E-state index in [1.807, 2.05) is 19.2 Å². The number of nitrogens with one attached hydrogen (secondary N) is 1. The van der Waals surface area contributed by atoms with E-state index in [2.05, 4.69) is 10.3 Å². The summed E-state index contributed by atoms with van der Waals surface area (Å²) in [5.74, 6) is -0.973. The summed E-state index contributed by atoms with van der Waals surface area (Å²) >= 11 is 1.39.